The Morgan fingerprint density at radius 2 is 1.87 bits per heavy atom. The van der Waals surface area contributed by atoms with Crippen molar-refractivity contribution in [1.82, 2.24) is 20.0 Å². The number of furan rings is 1. The topological polar surface area (TPSA) is 86.1 Å². The summed E-state index contributed by atoms with van der Waals surface area (Å²) in [6, 6.07) is 9.43. The van der Waals surface area contributed by atoms with Crippen molar-refractivity contribution in [2.75, 3.05) is 32.7 Å². The van der Waals surface area contributed by atoms with Gasteiger partial charge in [0.1, 0.15) is 0 Å². The molecule has 164 valence electrons. The summed E-state index contributed by atoms with van der Waals surface area (Å²) in [4.78, 5) is 43.4. The first-order valence-corrected chi connectivity index (χ1v) is 10.6. The molecule has 2 saturated heterocycles. The Morgan fingerprint density at radius 3 is 2.58 bits per heavy atom. The largest absolute Gasteiger partial charge is 0.472 e. The van der Waals surface area contributed by atoms with Crippen LogP contribution in [0.3, 0.4) is 0 Å². The van der Waals surface area contributed by atoms with Crippen molar-refractivity contribution in [1.29, 1.82) is 0 Å². The van der Waals surface area contributed by atoms with E-state index in [4.69, 9.17) is 4.42 Å². The van der Waals surface area contributed by atoms with Gasteiger partial charge in [0.2, 0.25) is 17.7 Å². The highest BCUT2D eigenvalue weighted by atomic mass is 16.3. The molecule has 0 aliphatic carbocycles. The Hall–Kier alpha value is -3.13. The van der Waals surface area contributed by atoms with E-state index in [-0.39, 0.29) is 30.7 Å². The van der Waals surface area contributed by atoms with Crippen molar-refractivity contribution in [2.45, 2.75) is 32.5 Å². The van der Waals surface area contributed by atoms with Gasteiger partial charge in [0.15, 0.2) is 0 Å². The van der Waals surface area contributed by atoms with E-state index in [9.17, 15) is 14.4 Å². The fraction of sp³-hybridized carbons (Fsp3) is 0.435. The van der Waals surface area contributed by atoms with Crippen LogP contribution in [0.4, 0.5) is 0 Å². The van der Waals surface area contributed by atoms with E-state index in [1.54, 1.807) is 22.3 Å². The van der Waals surface area contributed by atoms with Crippen LogP contribution in [0.2, 0.25) is 0 Å². The molecule has 1 atom stereocenters. The molecule has 2 fully saturated rings. The lowest BCUT2D eigenvalue weighted by Gasteiger charge is -2.37. The SMILES string of the molecule is Cc1ccc(CN2CCN(C(=O)CC3C(=O)NCCN3Cc3ccoc3)CC2=O)cc1. The van der Waals surface area contributed by atoms with Gasteiger partial charge in [0, 0.05) is 44.8 Å². The fourth-order valence-corrected chi connectivity index (χ4v) is 4.09. The summed E-state index contributed by atoms with van der Waals surface area (Å²) in [5, 5.41) is 2.85. The highest BCUT2D eigenvalue weighted by Gasteiger charge is 2.35. The van der Waals surface area contributed by atoms with Gasteiger partial charge in [-0.3, -0.25) is 19.3 Å². The van der Waals surface area contributed by atoms with Crippen LogP contribution >= 0.6 is 0 Å². The number of carbonyl (C=O) groups is 3. The molecule has 1 N–H and O–H groups in total. The molecule has 2 aromatic rings. The number of carbonyl (C=O) groups excluding carboxylic acids is 3. The third-order valence-corrected chi connectivity index (χ3v) is 5.94. The van der Waals surface area contributed by atoms with Gasteiger partial charge in [-0.2, -0.15) is 0 Å². The van der Waals surface area contributed by atoms with Gasteiger partial charge in [0.05, 0.1) is 31.5 Å². The lowest BCUT2D eigenvalue weighted by molar-refractivity contribution is -0.147. The number of amides is 3. The predicted molar refractivity (Wildman–Crippen MR) is 114 cm³/mol. The maximum atomic E-state index is 12.9. The molecule has 0 saturated carbocycles. The fourth-order valence-electron chi connectivity index (χ4n) is 4.09. The van der Waals surface area contributed by atoms with E-state index in [0.29, 0.717) is 39.3 Å². The third-order valence-electron chi connectivity index (χ3n) is 5.94. The molecular formula is C23H28N4O4. The minimum Gasteiger partial charge on any atom is -0.472 e. The molecule has 8 heteroatoms. The van der Waals surface area contributed by atoms with E-state index in [2.05, 4.69) is 5.32 Å². The summed E-state index contributed by atoms with van der Waals surface area (Å²) in [5.74, 6) is -0.376. The van der Waals surface area contributed by atoms with Crippen LogP contribution in [0.25, 0.3) is 0 Å². The highest BCUT2D eigenvalue weighted by Crippen LogP contribution is 2.17. The standard InChI is InChI=1S/C23H28N4O4/c1-17-2-4-18(5-3-17)13-26-9-10-27(15-22(26)29)21(28)12-20-23(30)24-7-8-25(20)14-19-6-11-31-16-19/h2-6,11,16,20H,7-10,12-15H2,1H3,(H,24,30). The maximum Gasteiger partial charge on any atom is 0.242 e. The summed E-state index contributed by atoms with van der Waals surface area (Å²) in [7, 11) is 0. The zero-order chi connectivity index (χ0) is 21.8. The lowest BCUT2D eigenvalue weighted by atomic mass is 10.1. The van der Waals surface area contributed by atoms with Crippen molar-refractivity contribution in [3.63, 3.8) is 0 Å². The number of benzene rings is 1. The number of rotatable bonds is 6. The van der Waals surface area contributed by atoms with E-state index >= 15 is 0 Å². The zero-order valence-electron chi connectivity index (χ0n) is 17.8. The number of piperazine rings is 2. The van der Waals surface area contributed by atoms with Gasteiger partial charge in [-0.05, 0) is 18.6 Å². The number of hydrogen-bond acceptors (Lipinski definition) is 5. The molecule has 1 aromatic carbocycles. The Kier molecular flexibility index (Phi) is 6.36. The smallest absolute Gasteiger partial charge is 0.242 e. The molecule has 31 heavy (non-hydrogen) atoms. The summed E-state index contributed by atoms with van der Waals surface area (Å²) in [6.45, 7) is 5.37. The second-order valence-corrected chi connectivity index (χ2v) is 8.23. The zero-order valence-corrected chi connectivity index (χ0v) is 17.8. The number of nitrogens with one attached hydrogen (secondary N) is 1. The van der Waals surface area contributed by atoms with Crippen LogP contribution in [0.15, 0.2) is 47.3 Å². The quantitative estimate of drug-likeness (QED) is 0.752. The van der Waals surface area contributed by atoms with Gasteiger partial charge >= 0.3 is 0 Å². The summed E-state index contributed by atoms with van der Waals surface area (Å²) in [5.41, 5.74) is 3.22. The van der Waals surface area contributed by atoms with Crippen molar-refractivity contribution < 1.29 is 18.8 Å². The van der Waals surface area contributed by atoms with E-state index in [1.807, 2.05) is 42.2 Å². The van der Waals surface area contributed by atoms with Gasteiger partial charge in [-0.25, -0.2) is 0 Å². The first-order valence-electron chi connectivity index (χ1n) is 10.6. The first kappa shape index (κ1) is 21.1. The lowest BCUT2D eigenvalue weighted by Crippen LogP contribution is -2.57. The molecule has 2 aliphatic rings. The number of nitrogens with zero attached hydrogens (tertiary/aromatic N) is 3. The third kappa shape index (κ3) is 5.14. The van der Waals surface area contributed by atoms with Crippen LogP contribution in [-0.2, 0) is 27.5 Å². The minimum absolute atomic E-state index is 0.0563. The van der Waals surface area contributed by atoms with Crippen molar-refractivity contribution in [3.05, 3.63) is 59.5 Å². The molecule has 3 amide bonds. The Bertz CT molecular complexity index is 926. The Morgan fingerprint density at radius 1 is 1.06 bits per heavy atom. The maximum absolute atomic E-state index is 12.9. The van der Waals surface area contributed by atoms with Crippen LogP contribution in [0.1, 0.15) is 23.1 Å². The molecule has 0 bridgehead atoms. The second-order valence-electron chi connectivity index (χ2n) is 8.23. The Labute approximate surface area is 181 Å². The number of hydrogen-bond donors (Lipinski definition) is 1. The molecule has 1 aromatic heterocycles. The molecule has 8 nitrogen and oxygen atoms in total. The van der Waals surface area contributed by atoms with Crippen molar-refractivity contribution >= 4 is 17.7 Å². The van der Waals surface area contributed by atoms with Crippen LogP contribution < -0.4 is 5.32 Å². The summed E-state index contributed by atoms with van der Waals surface area (Å²) < 4.78 is 5.12. The van der Waals surface area contributed by atoms with Gasteiger partial charge in [0.25, 0.3) is 0 Å². The van der Waals surface area contributed by atoms with Crippen molar-refractivity contribution in [2.24, 2.45) is 0 Å². The van der Waals surface area contributed by atoms with Gasteiger partial charge < -0.3 is 19.5 Å². The summed E-state index contributed by atoms with van der Waals surface area (Å²) in [6.07, 6.45) is 3.31. The van der Waals surface area contributed by atoms with Gasteiger partial charge in [-0.1, -0.05) is 29.8 Å². The molecular weight excluding hydrogens is 396 g/mol. The minimum atomic E-state index is -0.545. The molecule has 0 radical (unpaired) electrons. The van der Waals surface area contributed by atoms with Crippen LogP contribution in [0, 0.1) is 6.92 Å². The van der Waals surface area contributed by atoms with Crippen LogP contribution in [0.5, 0.6) is 0 Å². The van der Waals surface area contributed by atoms with E-state index in [1.165, 1.54) is 5.56 Å². The number of aryl methyl sites for hydroxylation is 1. The normalized spacial score (nSPS) is 20.1. The molecule has 3 heterocycles. The second kappa shape index (κ2) is 9.34. The monoisotopic (exact) mass is 424 g/mol. The van der Waals surface area contributed by atoms with Crippen molar-refractivity contribution in [3.8, 4) is 0 Å². The average Bonchev–Trinajstić information content (AvgIpc) is 3.26. The molecule has 0 spiro atoms. The average molecular weight is 425 g/mol. The first-order chi connectivity index (χ1) is 15.0. The molecule has 4 rings (SSSR count). The molecule has 2 aliphatic heterocycles. The Balaban J connectivity index is 1.34. The highest BCUT2D eigenvalue weighted by molar-refractivity contribution is 5.91. The predicted octanol–water partition coefficient (Wildman–Crippen LogP) is 1.15. The van der Waals surface area contributed by atoms with E-state index < -0.39 is 6.04 Å². The van der Waals surface area contributed by atoms with E-state index in [0.717, 1.165) is 11.1 Å². The summed E-state index contributed by atoms with van der Waals surface area (Å²) >= 11 is 0. The van der Waals surface area contributed by atoms with Gasteiger partial charge in [-0.15, -0.1) is 0 Å². The molecule has 1 unspecified atom stereocenters. The van der Waals surface area contributed by atoms with Crippen LogP contribution in [-0.4, -0.2) is 71.2 Å².